The molecule has 0 saturated carbocycles. The largest absolute Gasteiger partial charge is 1.00 e. The van der Waals surface area contributed by atoms with Gasteiger partial charge in [0, 0.05) is 16.5 Å². The van der Waals surface area contributed by atoms with Gasteiger partial charge in [-0.15, -0.1) is 5.10 Å². The number of aryl methyl sites for hydroxylation is 2. The van der Waals surface area contributed by atoms with E-state index in [1.807, 2.05) is 19.9 Å². The van der Waals surface area contributed by atoms with Gasteiger partial charge in [-0.2, -0.15) is 5.10 Å². The molecule has 13 heavy (non-hydrogen) atoms. The number of aromatic nitrogens is 4. The Kier molecular flexibility index (Phi) is 3.79. The average Bonchev–Trinajstić information content (AvgIpc) is 2.31. The van der Waals surface area contributed by atoms with Crippen molar-refractivity contribution in [2.75, 3.05) is 0 Å². The molecule has 0 bridgehead atoms. The maximum Gasteiger partial charge on any atom is 1.00 e. The fraction of sp³-hybridized carbons (Fsp3) is 0.286. The van der Waals surface area contributed by atoms with E-state index >= 15 is 0 Å². The van der Waals surface area contributed by atoms with Gasteiger partial charge in [-0.1, -0.05) is 0 Å². The van der Waals surface area contributed by atoms with Crippen LogP contribution in [-0.4, -0.2) is 19.6 Å². The topological polar surface area (TPSA) is 43.1 Å². The fourth-order valence-electron chi connectivity index (χ4n) is 1.20. The zero-order valence-corrected chi connectivity index (χ0v) is 11.7. The van der Waals surface area contributed by atoms with Crippen molar-refractivity contribution in [3.8, 4) is 0 Å². The van der Waals surface area contributed by atoms with Gasteiger partial charge in [0.1, 0.15) is 0 Å². The monoisotopic (exact) mass is 218 g/mol. The van der Waals surface area contributed by atoms with Gasteiger partial charge in [0.25, 0.3) is 5.78 Å². The van der Waals surface area contributed by atoms with Crippen LogP contribution in [-0.2, 0) is 12.6 Å². The van der Waals surface area contributed by atoms with Crippen LogP contribution in [0.3, 0.4) is 0 Å². The van der Waals surface area contributed by atoms with Crippen molar-refractivity contribution in [1.82, 2.24) is 19.6 Å². The number of fused-ring (bicyclic) bond motifs is 1. The van der Waals surface area contributed by atoms with Crippen LogP contribution in [0.4, 0.5) is 0 Å². The van der Waals surface area contributed by atoms with Crippen LogP contribution in [0.2, 0.25) is 0 Å². The zero-order valence-electron chi connectivity index (χ0n) is 7.77. The molecule has 0 fully saturated rings. The van der Waals surface area contributed by atoms with Gasteiger partial charge in [-0.3, -0.25) is 4.40 Å². The molecule has 0 unspecified atom stereocenters. The molecular weight excluding hydrogens is 211 g/mol. The van der Waals surface area contributed by atoms with E-state index in [4.69, 9.17) is 12.6 Å². The SMILES string of the molecule is Cc1cc(C)n2c([S-])nnc2n1.[K+]. The summed E-state index contributed by atoms with van der Waals surface area (Å²) in [4.78, 5) is 4.18. The molecule has 0 aliphatic carbocycles. The van der Waals surface area contributed by atoms with E-state index in [0.29, 0.717) is 10.9 Å². The van der Waals surface area contributed by atoms with Gasteiger partial charge in [-0.25, -0.2) is 4.98 Å². The van der Waals surface area contributed by atoms with Crippen molar-refractivity contribution < 1.29 is 51.4 Å². The minimum atomic E-state index is 0. The minimum Gasteiger partial charge on any atom is -0.740 e. The van der Waals surface area contributed by atoms with Crippen molar-refractivity contribution in [1.29, 1.82) is 0 Å². The number of hydrogen-bond acceptors (Lipinski definition) is 4. The van der Waals surface area contributed by atoms with Crippen molar-refractivity contribution in [2.24, 2.45) is 0 Å². The Morgan fingerprint density at radius 2 is 2.00 bits per heavy atom. The summed E-state index contributed by atoms with van der Waals surface area (Å²) in [5, 5.41) is 8.07. The predicted molar refractivity (Wildman–Crippen MR) is 45.9 cm³/mol. The van der Waals surface area contributed by atoms with Crippen LogP contribution in [0.25, 0.3) is 5.78 Å². The number of rotatable bonds is 0. The van der Waals surface area contributed by atoms with Gasteiger partial charge in [-0.05, 0) is 19.9 Å². The molecule has 2 aromatic heterocycles. The third kappa shape index (κ3) is 2.08. The molecule has 62 valence electrons. The van der Waals surface area contributed by atoms with Gasteiger partial charge >= 0.3 is 51.4 Å². The standard InChI is InChI=1S/C7H8N4S.K/c1-4-3-5(2)11-6(8-4)9-10-7(11)12;/h3H,1-2H3,(H,10,12);/q;+1/p-1. The third-order valence-corrected chi connectivity index (χ3v) is 1.93. The maximum atomic E-state index is 4.97. The molecule has 0 amide bonds. The molecule has 0 aromatic carbocycles. The molecule has 0 aliphatic rings. The van der Waals surface area contributed by atoms with E-state index < -0.39 is 0 Å². The van der Waals surface area contributed by atoms with Crippen molar-refractivity contribution in [2.45, 2.75) is 19.0 Å². The predicted octanol–water partition coefficient (Wildman–Crippen LogP) is -2.35. The Morgan fingerprint density at radius 1 is 1.31 bits per heavy atom. The number of hydrogen-bond donors (Lipinski definition) is 0. The Morgan fingerprint density at radius 3 is 2.69 bits per heavy atom. The molecule has 2 heterocycles. The molecular formula is C7H7KN4S. The summed E-state index contributed by atoms with van der Waals surface area (Å²) < 4.78 is 1.75. The van der Waals surface area contributed by atoms with Crippen molar-refractivity contribution in [3.63, 3.8) is 0 Å². The summed E-state index contributed by atoms with van der Waals surface area (Å²) in [5.41, 5.74) is 1.95. The zero-order chi connectivity index (χ0) is 8.72. The van der Waals surface area contributed by atoms with Crippen LogP contribution in [0.15, 0.2) is 11.2 Å². The third-order valence-electron chi connectivity index (χ3n) is 1.66. The summed E-state index contributed by atoms with van der Waals surface area (Å²) in [5.74, 6) is 0.581. The molecule has 0 N–H and O–H groups in total. The molecule has 0 radical (unpaired) electrons. The summed E-state index contributed by atoms with van der Waals surface area (Å²) in [6, 6.07) is 1.95. The van der Waals surface area contributed by atoms with Gasteiger partial charge in [0.15, 0.2) is 0 Å². The quantitative estimate of drug-likeness (QED) is 0.367. The molecule has 2 aromatic rings. The van der Waals surface area contributed by atoms with Gasteiger partial charge in [0.05, 0.1) is 0 Å². The number of nitrogens with zero attached hydrogens (tertiary/aromatic N) is 4. The molecule has 0 aliphatic heterocycles. The smallest absolute Gasteiger partial charge is 0.740 e. The van der Waals surface area contributed by atoms with Gasteiger partial charge in [0.2, 0.25) is 0 Å². The van der Waals surface area contributed by atoms with E-state index in [1.165, 1.54) is 0 Å². The minimum absolute atomic E-state index is 0. The summed E-state index contributed by atoms with van der Waals surface area (Å²) in [7, 11) is 0. The van der Waals surface area contributed by atoms with Crippen LogP contribution in [0, 0.1) is 13.8 Å². The summed E-state index contributed by atoms with van der Waals surface area (Å²) >= 11 is 4.97. The molecule has 0 atom stereocenters. The Bertz CT molecular complexity index is 439. The van der Waals surface area contributed by atoms with Crippen LogP contribution < -0.4 is 51.4 Å². The normalized spacial score (nSPS) is 10.0. The first kappa shape index (κ1) is 11.5. The second-order valence-electron chi connectivity index (χ2n) is 2.66. The Labute approximate surface area is 124 Å². The summed E-state index contributed by atoms with van der Waals surface area (Å²) in [6.07, 6.45) is 0. The molecule has 2 rings (SSSR count). The average molecular weight is 218 g/mol. The first-order valence-electron chi connectivity index (χ1n) is 3.55. The van der Waals surface area contributed by atoms with E-state index in [1.54, 1.807) is 4.40 Å². The Hall–Kier alpha value is 0.406. The van der Waals surface area contributed by atoms with E-state index in [9.17, 15) is 0 Å². The van der Waals surface area contributed by atoms with Crippen LogP contribution in [0.1, 0.15) is 11.4 Å². The fourth-order valence-corrected chi connectivity index (χ4v) is 1.47. The van der Waals surface area contributed by atoms with E-state index in [0.717, 1.165) is 11.4 Å². The van der Waals surface area contributed by atoms with Crippen molar-refractivity contribution in [3.05, 3.63) is 17.5 Å². The van der Waals surface area contributed by atoms with Crippen LogP contribution in [0.5, 0.6) is 0 Å². The summed E-state index contributed by atoms with van der Waals surface area (Å²) in [6.45, 7) is 3.88. The second-order valence-corrected chi connectivity index (χ2v) is 3.02. The molecule has 4 nitrogen and oxygen atoms in total. The van der Waals surface area contributed by atoms with Crippen LogP contribution >= 0.6 is 0 Å². The molecule has 6 heteroatoms. The first-order valence-corrected chi connectivity index (χ1v) is 3.95. The second kappa shape index (κ2) is 4.29. The maximum absolute atomic E-state index is 4.97. The molecule has 0 saturated heterocycles. The van der Waals surface area contributed by atoms with E-state index in [-0.39, 0.29) is 51.4 Å². The van der Waals surface area contributed by atoms with Gasteiger partial charge < -0.3 is 12.6 Å². The van der Waals surface area contributed by atoms with E-state index in [2.05, 4.69) is 15.2 Å². The first-order chi connectivity index (χ1) is 5.68. The molecule has 0 spiro atoms. The van der Waals surface area contributed by atoms with Crippen molar-refractivity contribution >= 4 is 18.4 Å². The Balaban J connectivity index is 0.000000845.